The van der Waals surface area contributed by atoms with E-state index >= 15 is 0 Å². The Morgan fingerprint density at radius 2 is 2.26 bits per heavy atom. The molecule has 1 aliphatic heterocycles. The van der Waals surface area contributed by atoms with E-state index in [9.17, 15) is 18.8 Å². The lowest BCUT2D eigenvalue weighted by atomic mass is 10.0. The number of halogens is 1. The van der Waals surface area contributed by atoms with Gasteiger partial charge in [0, 0.05) is 31.3 Å². The van der Waals surface area contributed by atoms with Gasteiger partial charge in [0.25, 0.3) is 11.8 Å². The van der Waals surface area contributed by atoms with Crippen molar-refractivity contribution in [3.05, 3.63) is 29.8 Å². The molecule has 2 rings (SSSR count). The van der Waals surface area contributed by atoms with E-state index in [2.05, 4.69) is 10.3 Å². The molecule has 6 nitrogen and oxygen atoms in total. The third kappa shape index (κ3) is 2.75. The number of nitrogens with zero attached hydrogens (tertiary/aromatic N) is 2. The van der Waals surface area contributed by atoms with Crippen LogP contribution in [0.3, 0.4) is 0 Å². The lowest BCUT2D eigenvalue weighted by Gasteiger charge is -2.28. The number of likely N-dealkylation sites (N-methyl/N-ethyl adjacent to an activating group) is 1. The Bertz CT molecular complexity index is 547. The molecule has 1 aromatic rings. The monoisotopic (exact) mass is 265 g/mol. The van der Waals surface area contributed by atoms with Crippen molar-refractivity contribution in [3.63, 3.8) is 0 Å². The number of nitrogens with one attached hydrogen (secondary N) is 1. The second-order valence-electron chi connectivity index (χ2n) is 4.22. The lowest BCUT2D eigenvalue weighted by molar-refractivity contribution is -0.147. The zero-order chi connectivity index (χ0) is 14.0. The highest BCUT2D eigenvalue weighted by Gasteiger charge is 2.32. The fraction of sp³-hybridized carbons (Fsp3) is 0.333. The molecule has 2 heterocycles. The number of likely N-dealkylation sites (tertiary alicyclic amines) is 1. The second kappa shape index (κ2) is 5.13. The smallest absolute Gasteiger partial charge is 0.252 e. The Morgan fingerprint density at radius 3 is 2.95 bits per heavy atom. The van der Waals surface area contributed by atoms with E-state index in [1.165, 1.54) is 19.3 Å². The number of carbonyl (C=O) groups is 3. The number of hydrogen-bond acceptors (Lipinski definition) is 4. The largest absolute Gasteiger partial charge is 0.340 e. The van der Waals surface area contributed by atoms with Crippen molar-refractivity contribution in [1.29, 1.82) is 0 Å². The van der Waals surface area contributed by atoms with Gasteiger partial charge < -0.3 is 5.32 Å². The van der Waals surface area contributed by atoms with Crippen molar-refractivity contribution in [3.8, 4) is 0 Å². The first-order valence-electron chi connectivity index (χ1n) is 5.72. The first-order chi connectivity index (χ1) is 8.99. The number of carbonyl (C=O) groups excluding carboxylic acids is 3. The molecule has 7 heteroatoms. The molecule has 0 saturated carbocycles. The maximum Gasteiger partial charge on any atom is 0.252 e. The van der Waals surface area contributed by atoms with E-state index in [1.54, 1.807) is 0 Å². The van der Waals surface area contributed by atoms with E-state index in [-0.39, 0.29) is 24.3 Å². The van der Waals surface area contributed by atoms with Gasteiger partial charge >= 0.3 is 0 Å². The van der Waals surface area contributed by atoms with E-state index in [1.807, 2.05) is 0 Å². The Morgan fingerprint density at radius 1 is 1.53 bits per heavy atom. The molecule has 19 heavy (non-hydrogen) atoms. The maximum atomic E-state index is 12.9. The molecule has 0 bridgehead atoms. The highest BCUT2D eigenvalue weighted by Crippen LogP contribution is 2.12. The minimum atomic E-state index is -0.769. The number of piperidine rings is 1. The number of pyridine rings is 1. The zero-order valence-corrected chi connectivity index (χ0v) is 10.2. The SMILES string of the molecule is CN1C(=O)CCC(NC(=O)c2ccnc(F)c2)C1=O. The number of hydrogen-bond donors (Lipinski definition) is 1. The molecule has 1 fully saturated rings. The molecule has 1 unspecified atom stereocenters. The van der Waals surface area contributed by atoms with Crippen LogP contribution in [0.2, 0.25) is 0 Å². The molecule has 1 aromatic heterocycles. The summed E-state index contributed by atoms with van der Waals surface area (Å²) < 4.78 is 12.9. The second-order valence-corrected chi connectivity index (χ2v) is 4.22. The highest BCUT2D eigenvalue weighted by molar-refractivity contribution is 6.03. The summed E-state index contributed by atoms with van der Waals surface area (Å²) in [5, 5.41) is 2.49. The topological polar surface area (TPSA) is 79.4 Å². The van der Waals surface area contributed by atoms with Crippen molar-refractivity contribution in [1.82, 2.24) is 15.2 Å². The molecule has 3 amide bonds. The summed E-state index contributed by atoms with van der Waals surface area (Å²) >= 11 is 0. The number of imide groups is 1. The van der Waals surface area contributed by atoms with E-state index in [0.717, 1.165) is 11.0 Å². The summed E-state index contributed by atoms with van der Waals surface area (Å²) in [6.45, 7) is 0. The van der Waals surface area contributed by atoms with E-state index in [4.69, 9.17) is 0 Å². The molecule has 1 saturated heterocycles. The predicted octanol–water partition coefficient (Wildman–Crippen LogP) is 0.0979. The van der Waals surface area contributed by atoms with Crippen molar-refractivity contribution in [2.45, 2.75) is 18.9 Å². The van der Waals surface area contributed by atoms with Gasteiger partial charge in [0.1, 0.15) is 6.04 Å². The van der Waals surface area contributed by atoms with Crippen molar-refractivity contribution < 1.29 is 18.8 Å². The fourth-order valence-electron chi connectivity index (χ4n) is 1.83. The van der Waals surface area contributed by atoms with Gasteiger partial charge in [-0.15, -0.1) is 0 Å². The van der Waals surface area contributed by atoms with Gasteiger partial charge in [-0.05, 0) is 12.5 Å². The first-order valence-corrected chi connectivity index (χ1v) is 5.72. The molecule has 0 spiro atoms. The van der Waals surface area contributed by atoms with Crippen molar-refractivity contribution >= 4 is 17.7 Å². The molecule has 0 aliphatic carbocycles. The van der Waals surface area contributed by atoms with Crippen LogP contribution in [0.15, 0.2) is 18.3 Å². The maximum absolute atomic E-state index is 12.9. The van der Waals surface area contributed by atoms with Gasteiger partial charge in [-0.25, -0.2) is 4.98 Å². The summed E-state index contributed by atoms with van der Waals surface area (Å²) in [5.41, 5.74) is 0.0832. The van der Waals surface area contributed by atoms with Crippen LogP contribution >= 0.6 is 0 Å². The molecular weight excluding hydrogens is 253 g/mol. The van der Waals surface area contributed by atoms with Crippen LogP contribution < -0.4 is 5.32 Å². The summed E-state index contributed by atoms with van der Waals surface area (Å²) in [5.74, 6) is -2.07. The normalized spacial score (nSPS) is 19.5. The van der Waals surface area contributed by atoms with Gasteiger partial charge in [0.15, 0.2) is 0 Å². The number of rotatable bonds is 2. The van der Waals surface area contributed by atoms with E-state index < -0.39 is 23.8 Å². The van der Waals surface area contributed by atoms with Crippen LogP contribution in [0, 0.1) is 5.95 Å². The summed E-state index contributed by atoms with van der Waals surface area (Å²) in [6.07, 6.45) is 1.61. The van der Waals surface area contributed by atoms with Crippen LogP contribution in [0.4, 0.5) is 4.39 Å². The molecule has 0 radical (unpaired) electrons. The Balaban J connectivity index is 2.07. The predicted molar refractivity (Wildman–Crippen MR) is 62.5 cm³/mol. The van der Waals surface area contributed by atoms with Gasteiger partial charge in [-0.3, -0.25) is 19.3 Å². The molecule has 1 aliphatic rings. The zero-order valence-electron chi connectivity index (χ0n) is 10.2. The molecule has 100 valence electrons. The Labute approximate surface area is 108 Å². The van der Waals surface area contributed by atoms with Gasteiger partial charge in [-0.1, -0.05) is 0 Å². The summed E-state index contributed by atoms with van der Waals surface area (Å²) in [6, 6.07) is 1.57. The Hall–Kier alpha value is -2.31. The van der Waals surface area contributed by atoms with Gasteiger partial charge in [0.2, 0.25) is 11.9 Å². The van der Waals surface area contributed by atoms with Crippen LogP contribution in [0.5, 0.6) is 0 Å². The fourth-order valence-corrected chi connectivity index (χ4v) is 1.83. The van der Waals surface area contributed by atoms with Crippen LogP contribution in [-0.4, -0.2) is 40.7 Å². The van der Waals surface area contributed by atoms with E-state index in [0.29, 0.717) is 0 Å². The number of aromatic nitrogens is 1. The Kier molecular flexibility index (Phi) is 3.55. The van der Waals surface area contributed by atoms with Crippen molar-refractivity contribution in [2.24, 2.45) is 0 Å². The minimum absolute atomic E-state index is 0.0832. The minimum Gasteiger partial charge on any atom is -0.340 e. The van der Waals surface area contributed by atoms with Crippen molar-refractivity contribution in [2.75, 3.05) is 7.05 Å². The summed E-state index contributed by atoms with van der Waals surface area (Å²) in [4.78, 5) is 39.2. The lowest BCUT2D eigenvalue weighted by Crippen LogP contribution is -2.52. The molecule has 1 N–H and O–H groups in total. The third-order valence-electron chi connectivity index (χ3n) is 2.94. The quantitative estimate of drug-likeness (QED) is 0.607. The molecule has 1 atom stereocenters. The van der Waals surface area contributed by atoms with Crippen LogP contribution in [-0.2, 0) is 9.59 Å². The standard InChI is InChI=1S/C12H12FN3O3/c1-16-10(17)3-2-8(12(16)19)15-11(18)7-4-5-14-9(13)6-7/h4-6,8H,2-3H2,1H3,(H,15,18). The molecular formula is C12H12FN3O3. The van der Waals surface area contributed by atoms with Crippen LogP contribution in [0.1, 0.15) is 23.2 Å². The highest BCUT2D eigenvalue weighted by atomic mass is 19.1. The number of amides is 3. The van der Waals surface area contributed by atoms with Gasteiger partial charge in [-0.2, -0.15) is 4.39 Å². The summed E-state index contributed by atoms with van der Waals surface area (Å²) in [7, 11) is 1.37. The molecule has 0 aromatic carbocycles. The third-order valence-corrected chi connectivity index (χ3v) is 2.94. The first kappa shape index (κ1) is 13.1. The average molecular weight is 265 g/mol. The van der Waals surface area contributed by atoms with Gasteiger partial charge in [0.05, 0.1) is 0 Å². The van der Waals surface area contributed by atoms with Crippen LogP contribution in [0.25, 0.3) is 0 Å². The average Bonchev–Trinajstić information content (AvgIpc) is 2.39.